The van der Waals surface area contributed by atoms with E-state index < -0.39 is 0 Å². The maximum absolute atomic E-state index is 11.6. The number of amides is 1. The van der Waals surface area contributed by atoms with Crippen molar-refractivity contribution in [2.24, 2.45) is 11.8 Å². The van der Waals surface area contributed by atoms with Crippen molar-refractivity contribution in [2.75, 3.05) is 0 Å². The Labute approximate surface area is 96.5 Å². The lowest BCUT2D eigenvalue weighted by Gasteiger charge is -2.25. The van der Waals surface area contributed by atoms with Crippen LogP contribution in [0.25, 0.3) is 0 Å². The van der Waals surface area contributed by atoms with E-state index in [2.05, 4.69) is 11.9 Å². The second-order valence-corrected chi connectivity index (χ2v) is 4.13. The third-order valence-electron chi connectivity index (χ3n) is 2.55. The fourth-order valence-electron chi connectivity index (χ4n) is 1.26. The molecule has 0 unspecified atom stereocenters. The van der Waals surface area contributed by atoms with Gasteiger partial charge < -0.3 is 5.32 Å². The highest BCUT2D eigenvalue weighted by Gasteiger charge is 2.18. The Hall–Kier alpha value is -1.55. The number of rotatable bonds is 3. The number of nitrogens with two attached hydrogens (primary N) is 1. The van der Waals surface area contributed by atoms with E-state index in [-0.39, 0.29) is 5.91 Å². The normalized spacial score (nSPS) is 18.8. The molecule has 1 rings (SSSR count). The van der Waals surface area contributed by atoms with Gasteiger partial charge >= 0.3 is 0 Å². The largest absolute Gasteiger partial charge is 0.307 e. The number of carbonyl (C=O) groups excluding carboxylic acids is 1. The highest BCUT2D eigenvalue weighted by Crippen LogP contribution is 2.15. The molecule has 0 spiro atoms. The van der Waals surface area contributed by atoms with Crippen molar-refractivity contribution in [3.05, 3.63) is 35.8 Å². The monoisotopic (exact) mass is 221 g/mol. The number of hydrogen-bond donors (Lipinski definition) is 2. The van der Waals surface area contributed by atoms with Crippen molar-refractivity contribution < 1.29 is 4.79 Å². The Morgan fingerprint density at radius 2 is 2.31 bits per heavy atom. The average Bonchev–Trinajstić information content (AvgIpc) is 2.22. The Balaban J connectivity index is 2.91. The number of nitrogens with zero attached hydrogens (tertiary/aromatic N) is 1. The summed E-state index contributed by atoms with van der Waals surface area (Å²) < 4.78 is 0. The van der Waals surface area contributed by atoms with Crippen molar-refractivity contribution in [1.82, 2.24) is 10.3 Å². The Kier molecular flexibility index (Phi) is 3.90. The molecule has 0 aliphatic carbocycles. The topological polar surface area (TPSA) is 58.4 Å². The fourth-order valence-corrected chi connectivity index (χ4v) is 1.26. The summed E-state index contributed by atoms with van der Waals surface area (Å²) in [6.45, 7) is 9.91. The summed E-state index contributed by atoms with van der Waals surface area (Å²) in [6, 6.07) is 0. The van der Waals surface area contributed by atoms with E-state index in [4.69, 9.17) is 5.84 Å². The van der Waals surface area contributed by atoms with Crippen LogP contribution < -0.4 is 11.2 Å². The first-order valence-electron chi connectivity index (χ1n) is 5.42. The van der Waals surface area contributed by atoms with Gasteiger partial charge in [-0.3, -0.25) is 9.80 Å². The van der Waals surface area contributed by atoms with E-state index in [1.807, 2.05) is 20.8 Å². The van der Waals surface area contributed by atoms with Crippen LogP contribution in [-0.4, -0.2) is 10.9 Å². The van der Waals surface area contributed by atoms with Crippen LogP contribution in [0.2, 0.25) is 0 Å². The molecule has 0 saturated carbocycles. The number of hydrazine groups is 1. The molecule has 4 heteroatoms. The molecule has 1 aliphatic rings. The number of nitrogens with one attached hydrogen (secondary N) is 1. The molecule has 0 radical (unpaired) electrons. The van der Waals surface area contributed by atoms with Crippen molar-refractivity contribution in [1.29, 1.82) is 0 Å². The molecule has 16 heavy (non-hydrogen) atoms. The van der Waals surface area contributed by atoms with E-state index in [9.17, 15) is 4.79 Å². The first kappa shape index (κ1) is 12.5. The molecule has 0 bridgehead atoms. The standard InChI is InChI=1S/C12H19N3O/c1-5-10-7-15(13)11(14-12(10)16)6-9(4)8(2)3/h6-8H,4-5,13H2,1-3H3,(H,14,16)/b11-6-. The zero-order valence-electron chi connectivity index (χ0n) is 10.1. The molecule has 0 aromatic carbocycles. The van der Waals surface area contributed by atoms with Gasteiger partial charge in [0.05, 0.1) is 0 Å². The number of hydrogen-bond acceptors (Lipinski definition) is 3. The van der Waals surface area contributed by atoms with Gasteiger partial charge in [0.1, 0.15) is 5.82 Å². The average molecular weight is 221 g/mol. The second-order valence-electron chi connectivity index (χ2n) is 4.13. The summed E-state index contributed by atoms with van der Waals surface area (Å²) in [5.74, 6) is 6.60. The van der Waals surface area contributed by atoms with Crippen LogP contribution in [-0.2, 0) is 4.79 Å². The van der Waals surface area contributed by atoms with Crippen molar-refractivity contribution in [2.45, 2.75) is 27.2 Å². The van der Waals surface area contributed by atoms with Gasteiger partial charge in [0.2, 0.25) is 0 Å². The maximum atomic E-state index is 11.6. The van der Waals surface area contributed by atoms with Gasteiger partial charge in [-0.15, -0.1) is 0 Å². The third-order valence-corrected chi connectivity index (χ3v) is 2.55. The predicted molar refractivity (Wildman–Crippen MR) is 64.6 cm³/mol. The van der Waals surface area contributed by atoms with Crippen LogP contribution in [0.5, 0.6) is 0 Å². The van der Waals surface area contributed by atoms with E-state index in [1.165, 1.54) is 5.01 Å². The van der Waals surface area contributed by atoms with Crippen LogP contribution in [0.15, 0.2) is 35.8 Å². The summed E-state index contributed by atoms with van der Waals surface area (Å²) in [5.41, 5.74) is 1.61. The molecule has 3 N–H and O–H groups in total. The smallest absolute Gasteiger partial charge is 0.254 e. The Bertz CT molecular complexity index is 366. The van der Waals surface area contributed by atoms with Gasteiger partial charge in [0.15, 0.2) is 0 Å². The SMILES string of the molecule is C=C(/C=C1/NC(=O)C(CC)=CN1N)C(C)C. The number of allylic oxidation sites excluding steroid dienone is 2. The summed E-state index contributed by atoms with van der Waals surface area (Å²) in [7, 11) is 0. The van der Waals surface area contributed by atoms with Crippen molar-refractivity contribution >= 4 is 5.91 Å². The molecule has 0 aromatic rings. The fraction of sp³-hybridized carbons (Fsp3) is 0.417. The summed E-state index contributed by atoms with van der Waals surface area (Å²) >= 11 is 0. The minimum Gasteiger partial charge on any atom is -0.307 e. The lowest BCUT2D eigenvalue weighted by atomic mass is 10.0. The van der Waals surface area contributed by atoms with Crippen LogP contribution in [0.4, 0.5) is 0 Å². The van der Waals surface area contributed by atoms with E-state index in [0.29, 0.717) is 23.7 Å². The molecule has 0 fully saturated rings. The minimum atomic E-state index is -0.0907. The lowest BCUT2D eigenvalue weighted by Crippen LogP contribution is -2.42. The van der Waals surface area contributed by atoms with Crippen LogP contribution >= 0.6 is 0 Å². The van der Waals surface area contributed by atoms with E-state index >= 15 is 0 Å². The zero-order valence-corrected chi connectivity index (χ0v) is 10.1. The van der Waals surface area contributed by atoms with Gasteiger partial charge in [0.25, 0.3) is 5.91 Å². The van der Waals surface area contributed by atoms with Crippen LogP contribution in [0.3, 0.4) is 0 Å². The lowest BCUT2D eigenvalue weighted by molar-refractivity contribution is -0.117. The van der Waals surface area contributed by atoms with Gasteiger partial charge in [-0.05, 0) is 24.0 Å². The molecule has 0 saturated heterocycles. The highest BCUT2D eigenvalue weighted by molar-refractivity contribution is 5.95. The van der Waals surface area contributed by atoms with Gasteiger partial charge in [-0.25, -0.2) is 5.84 Å². The first-order valence-corrected chi connectivity index (χ1v) is 5.42. The molecule has 1 aliphatic heterocycles. The van der Waals surface area contributed by atoms with Gasteiger partial charge in [-0.1, -0.05) is 27.4 Å². The molecule has 88 valence electrons. The summed E-state index contributed by atoms with van der Waals surface area (Å²) in [5, 5.41) is 4.17. The molecule has 0 atom stereocenters. The second kappa shape index (κ2) is 4.99. The van der Waals surface area contributed by atoms with Gasteiger partial charge in [-0.2, -0.15) is 0 Å². The first-order chi connectivity index (χ1) is 7.45. The highest BCUT2D eigenvalue weighted by atomic mass is 16.2. The van der Waals surface area contributed by atoms with Gasteiger partial charge in [0, 0.05) is 11.8 Å². The minimum absolute atomic E-state index is 0.0907. The molecule has 1 amide bonds. The molecule has 0 aromatic heterocycles. The van der Waals surface area contributed by atoms with Crippen molar-refractivity contribution in [3.63, 3.8) is 0 Å². The molecule has 1 heterocycles. The zero-order chi connectivity index (χ0) is 12.3. The molecule has 4 nitrogen and oxygen atoms in total. The van der Waals surface area contributed by atoms with Crippen LogP contribution in [0.1, 0.15) is 27.2 Å². The molecular formula is C12H19N3O. The summed E-state index contributed by atoms with van der Waals surface area (Å²) in [6.07, 6.45) is 4.11. The van der Waals surface area contributed by atoms with E-state index in [0.717, 1.165) is 5.57 Å². The number of carbonyl (C=O) groups is 1. The third kappa shape index (κ3) is 2.73. The Morgan fingerprint density at radius 3 is 2.81 bits per heavy atom. The van der Waals surface area contributed by atoms with Crippen molar-refractivity contribution in [3.8, 4) is 0 Å². The predicted octanol–water partition coefficient (Wildman–Crippen LogP) is 1.64. The van der Waals surface area contributed by atoms with Crippen LogP contribution in [0, 0.1) is 5.92 Å². The maximum Gasteiger partial charge on any atom is 0.254 e. The quantitative estimate of drug-likeness (QED) is 0.712. The summed E-state index contributed by atoms with van der Waals surface area (Å²) in [4.78, 5) is 11.6. The van der Waals surface area contributed by atoms with E-state index in [1.54, 1.807) is 12.3 Å². The molecular weight excluding hydrogens is 202 g/mol. The Morgan fingerprint density at radius 1 is 1.69 bits per heavy atom.